The highest BCUT2D eigenvalue weighted by Gasteiger charge is 2.40. The second-order valence-corrected chi connectivity index (χ2v) is 5.81. The number of urea groups is 1. The maximum absolute atomic E-state index is 12.4. The first-order valence-electron chi connectivity index (χ1n) is 6.44. The molecule has 2 unspecified atom stereocenters. The fourth-order valence-corrected chi connectivity index (χ4v) is 3.29. The molecular weight excluding hydrogens is 252 g/mol. The van der Waals surface area contributed by atoms with Crippen LogP contribution in [0.25, 0.3) is 0 Å². The van der Waals surface area contributed by atoms with Crippen LogP contribution in [0.3, 0.4) is 0 Å². The highest BCUT2D eigenvalue weighted by atomic mass is 32.2. The standard InChI is InChI=1S/C12H22N2O3S/c1-4-6-13(7-5-2)12(17)14-9(3)18-8-10(14)11(15)16/h9-10H,4-8H2,1-3H3,(H,15,16). The van der Waals surface area contributed by atoms with Gasteiger partial charge in [0, 0.05) is 18.8 Å². The lowest BCUT2D eigenvalue weighted by atomic mass is 10.3. The SMILES string of the molecule is CCCN(CCC)C(=O)N1C(C)SCC1C(=O)O. The van der Waals surface area contributed by atoms with Crippen LogP contribution in [0.15, 0.2) is 0 Å². The van der Waals surface area contributed by atoms with Gasteiger partial charge in [0.1, 0.15) is 6.04 Å². The summed E-state index contributed by atoms with van der Waals surface area (Å²) in [7, 11) is 0. The van der Waals surface area contributed by atoms with Crippen molar-refractivity contribution in [1.29, 1.82) is 0 Å². The van der Waals surface area contributed by atoms with E-state index in [9.17, 15) is 9.59 Å². The summed E-state index contributed by atoms with van der Waals surface area (Å²) in [5, 5.41) is 9.11. The summed E-state index contributed by atoms with van der Waals surface area (Å²) < 4.78 is 0. The largest absolute Gasteiger partial charge is 0.480 e. The Labute approximate surface area is 113 Å². The van der Waals surface area contributed by atoms with E-state index in [4.69, 9.17) is 5.11 Å². The molecule has 2 amide bonds. The lowest BCUT2D eigenvalue weighted by Gasteiger charge is -2.32. The Morgan fingerprint density at radius 3 is 2.33 bits per heavy atom. The third kappa shape index (κ3) is 3.31. The van der Waals surface area contributed by atoms with Crippen LogP contribution >= 0.6 is 11.8 Å². The van der Waals surface area contributed by atoms with Crippen LogP contribution in [0, 0.1) is 0 Å². The minimum Gasteiger partial charge on any atom is -0.480 e. The number of hydrogen-bond acceptors (Lipinski definition) is 3. The van der Waals surface area contributed by atoms with Gasteiger partial charge in [-0.3, -0.25) is 4.90 Å². The second-order valence-electron chi connectivity index (χ2n) is 4.46. The lowest BCUT2D eigenvalue weighted by Crippen LogP contribution is -2.51. The van der Waals surface area contributed by atoms with Gasteiger partial charge in [0.25, 0.3) is 0 Å². The van der Waals surface area contributed by atoms with Crippen molar-refractivity contribution < 1.29 is 14.7 Å². The van der Waals surface area contributed by atoms with Gasteiger partial charge in [0.15, 0.2) is 0 Å². The summed E-state index contributed by atoms with van der Waals surface area (Å²) in [6.45, 7) is 7.31. The fraction of sp³-hybridized carbons (Fsp3) is 0.833. The number of carboxylic acid groups (broad SMARTS) is 1. The second kappa shape index (κ2) is 6.87. The molecule has 0 saturated carbocycles. The summed E-state index contributed by atoms with van der Waals surface area (Å²) in [5.41, 5.74) is 0. The van der Waals surface area contributed by atoms with E-state index in [-0.39, 0.29) is 11.4 Å². The number of carboxylic acids is 1. The molecule has 18 heavy (non-hydrogen) atoms. The van der Waals surface area contributed by atoms with Crippen molar-refractivity contribution in [3.63, 3.8) is 0 Å². The average molecular weight is 274 g/mol. The Bertz CT molecular complexity index is 306. The van der Waals surface area contributed by atoms with Crippen molar-refractivity contribution in [3.05, 3.63) is 0 Å². The quantitative estimate of drug-likeness (QED) is 0.834. The summed E-state index contributed by atoms with van der Waals surface area (Å²) in [6, 6.07) is -0.822. The Balaban J connectivity index is 2.80. The Hall–Kier alpha value is -0.910. The summed E-state index contributed by atoms with van der Waals surface area (Å²) >= 11 is 1.52. The van der Waals surface area contributed by atoms with E-state index < -0.39 is 12.0 Å². The zero-order chi connectivity index (χ0) is 13.7. The number of amides is 2. The third-order valence-corrected chi connectivity index (χ3v) is 4.20. The molecule has 1 N–H and O–H groups in total. The van der Waals surface area contributed by atoms with Crippen LogP contribution in [0.2, 0.25) is 0 Å². The molecule has 0 aromatic rings. The topological polar surface area (TPSA) is 60.9 Å². The van der Waals surface area contributed by atoms with Gasteiger partial charge >= 0.3 is 12.0 Å². The van der Waals surface area contributed by atoms with E-state index in [0.29, 0.717) is 18.8 Å². The molecule has 1 heterocycles. The van der Waals surface area contributed by atoms with Crippen LogP contribution in [0.1, 0.15) is 33.6 Å². The molecule has 0 radical (unpaired) electrons. The van der Waals surface area contributed by atoms with Crippen LogP contribution < -0.4 is 0 Å². The normalized spacial score (nSPS) is 23.2. The Kier molecular flexibility index (Phi) is 5.78. The van der Waals surface area contributed by atoms with Crippen molar-refractivity contribution in [2.75, 3.05) is 18.8 Å². The molecule has 0 bridgehead atoms. The molecule has 1 aliphatic heterocycles. The van der Waals surface area contributed by atoms with E-state index in [1.807, 2.05) is 20.8 Å². The number of nitrogens with zero attached hydrogens (tertiary/aromatic N) is 2. The molecule has 1 fully saturated rings. The van der Waals surface area contributed by atoms with Crippen LogP contribution in [0.5, 0.6) is 0 Å². The monoisotopic (exact) mass is 274 g/mol. The first-order valence-corrected chi connectivity index (χ1v) is 7.49. The van der Waals surface area contributed by atoms with Crippen molar-refractivity contribution in [2.45, 2.75) is 45.0 Å². The molecule has 0 aliphatic carbocycles. The molecule has 6 heteroatoms. The summed E-state index contributed by atoms with van der Waals surface area (Å²) in [5.74, 6) is -0.429. The fourth-order valence-electron chi connectivity index (χ4n) is 2.13. The maximum Gasteiger partial charge on any atom is 0.327 e. The minimum absolute atomic E-state index is 0.0604. The van der Waals surface area contributed by atoms with Gasteiger partial charge < -0.3 is 10.0 Å². The van der Waals surface area contributed by atoms with Gasteiger partial charge in [-0.1, -0.05) is 13.8 Å². The molecule has 5 nitrogen and oxygen atoms in total. The average Bonchev–Trinajstić information content (AvgIpc) is 2.70. The molecule has 1 saturated heterocycles. The molecule has 0 aromatic heterocycles. The number of carbonyl (C=O) groups excluding carboxylic acids is 1. The molecular formula is C12H22N2O3S. The lowest BCUT2D eigenvalue weighted by molar-refractivity contribution is -0.141. The number of aliphatic carboxylic acids is 1. The predicted molar refractivity (Wildman–Crippen MR) is 72.7 cm³/mol. The highest BCUT2D eigenvalue weighted by molar-refractivity contribution is 8.00. The zero-order valence-corrected chi connectivity index (χ0v) is 12.1. The Morgan fingerprint density at radius 1 is 1.33 bits per heavy atom. The first-order chi connectivity index (χ1) is 8.52. The number of hydrogen-bond donors (Lipinski definition) is 1. The van der Waals surface area contributed by atoms with E-state index in [0.717, 1.165) is 12.8 Å². The smallest absolute Gasteiger partial charge is 0.327 e. The van der Waals surface area contributed by atoms with Crippen LogP contribution in [-0.4, -0.2) is 57.2 Å². The van der Waals surface area contributed by atoms with Gasteiger partial charge in [0.05, 0.1) is 5.37 Å². The maximum atomic E-state index is 12.4. The van der Waals surface area contributed by atoms with Gasteiger partial charge in [-0.2, -0.15) is 0 Å². The van der Waals surface area contributed by atoms with E-state index >= 15 is 0 Å². The zero-order valence-electron chi connectivity index (χ0n) is 11.3. The van der Waals surface area contributed by atoms with Crippen molar-refractivity contribution in [2.24, 2.45) is 0 Å². The molecule has 0 aromatic carbocycles. The summed E-state index contributed by atoms with van der Waals surface area (Å²) in [6.07, 6.45) is 1.78. The van der Waals surface area contributed by atoms with Gasteiger partial charge in [-0.25, -0.2) is 9.59 Å². The van der Waals surface area contributed by atoms with E-state index in [1.54, 1.807) is 4.90 Å². The van der Waals surface area contributed by atoms with Crippen molar-refractivity contribution in [3.8, 4) is 0 Å². The Morgan fingerprint density at radius 2 is 1.89 bits per heavy atom. The highest BCUT2D eigenvalue weighted by Crippen LogP contribution is 2.29. The van der Waals surface area contributed by atoms with Gasteiger partial charge in [-0.05, 0) is 19.8 Å². The van der Waals surface area contributed by atoms with Crippen molar-refractivity contribution >= 4 is 23.8 Å². The number of thioether (sulfide) groups is 1. The summed E-state index contributed by atoms with van der Waals surface area (Å²) in [4.78, 5) is 26.9. The molecule has 0 spiro atoms. The van der Waals surface area contributed by atoms with Gasteiger partial charge in [-0.15, -0.1) is 11.8 Å². The third-order valence-electron chi connectivity index (χ3n) is 2.99. The predicted octanol–water partition coefficient (Wildman–Crippen LogP) is 2.08. The van der Waals surface area contributed by atoms with E-state index in [1.165, 1.54) is 16.7 Å². The number of carbonyl (C=O) groups is 2. The van der Waals surface area contributed by atoms with Gasteiger partial charge in [0.2, 0.25) is 0 Å². The minimum atomic E-state index is -0.909. The molecule has 1 aliphatic rings. The van der Waals surface area contributed by atoms with Crippen molar-refractivity contribution in [1.82, 2.24) is 9.80 Å². The molecule has 2 atom stereocenters. The number of rotatable bonds is 5. The molecule has 104 valence electrons. The molecule has 1 rings (SSSR count). The van der Waals surface area contributed by atoms with E-state index in [2.05, 4.69) is 0 Å². The first kappa shape index (κ1) is 15.1. The van der Waals surface area contributed by atoms with Crippen LogP contribution in [-0.2, 0) is 4.79 Å². The van der Waals surface area contributed by atoms with Crippen LogP contribution in [0.4, 0.5) is 4.79 Å².